The number of rotatable bonds is 4. The van der Waals surface area contributed by atoms with Gasteiger partial charge in [0.1, 0.15) is 0 Å². The van der Waals surface area contributed by atoms with Crippen LogP contribution < -0.4 is 4.90 Å². The van der Waals surface area contributed by atoms with E-state index < -0.39 is 5.60 Å². The molecular weight excluding hydrogens is 304 g/mol. The van der Waals surface area contributed by atoms with Crippen LogP contribution in [0.1, 0.15) is 18.9 Å². The highest BCUT2D eigenvalue weighted by atomic mass is 16.3. The summed E-state index contributed by atoms with van der Waals surface area (Å²) in [5.41, 5.74) is -0.396. The molecule has 0 spiro atoms. The predicted octanol–water partition coefficient (Wildman–Crippen LogP) is 1.42. The van der Waals surface area contributed by atoms with Crippen LogP contribution in [0.15, 0.2) is 48.8 Å². The Morgan fingerprint density at radius 2 is 1.71 bits per heavy atom. The van der Waals surface area contributed by atoms with Gasteiger partial charge in [0, 0.05) is 38.6 Å². The third-order valence-corrected chi connectivity index (χ3v) is 4.36. The number of benzene rings is 1. The molecule has 1 unspecified atom stereocenters. The molecule has 1 N–H and O–H groups in total. The lowest BCUT2D eigenvalue weighted by atomic mass is 9.92. The van der Waals surface area contributed by atoms with Crippen molar-refractivity contribution < 1.29 is 9.90 Å². The maximum absolute atomic E-state index is 12.5. The molecule has 3 rings (SSSR count). The zero-order chi connectivity index (χ0) is 17.0. The minimum Gasteiger partial charge on any atom is -0.385 e. The van der Waals surface area contributed by atoms with Crippen molar-refractivity contribution in [2.75, 3.05) is 31.1 Å². The van der Waals surface area contributed by atoms with Crippen molar-refractivity contribution in [2.24, 2.45) is 0 Å². The predicted molar refractivity (Wildman–Crippen MR) is 91.5 cm³/mol. The van der Waals surface area contributed by atoms with Gasteiger partial charge in [-0.25, -0.2) is 9.97 Å². The molecule has 0 aliphatic carbocycles. The molecule has 2 heterocycles. The first-order valence-electron chi connectivity index (χ1n) is 8.14. The van der Waals surface area contributed by atoms with Crippen LogP contribution in [0.25, 0.3) is 0 Å². The fourth-order valence-electron chi connectivity index (χ4n) is 2.92. The maximum Gasteiger partial charge on any atom is 0.225 e. The highest BCUT2D eigenvalue weighted by Crippen LogP contribution is 2.25. The number of piperazine rings is 1. The molecule has 0 radical (unpaired) electrons. The minimum absolute atomic E-state index is 0.0301. The molecule has 0 bridgehead atoms. The lowest BCUT2D eigenvalue weighted by Gasteiger charge is -2.36. The van der Waals surface area contributed by atoms with Gasteiger partial charge in [-0.3, -0.25) is 4.79 Å². The van der Waals surface area contributed by atoms with Crippen molar-refractivity contribution in [3.8, 4) is 0 Å². The Morgan fingerprint density at radius 1 is 1.08 bits per heavy atom. The lowest BCUT2D eigenvalue weighted by molar-refractivity contribution is -0.136. The smallest absolute Gasteiger partial charge is 0.225 e. The van der Waals surface area contributed by atoms with E-state index in [1.165, 1.54) is 0 Å². The second-order valence-electron chi connectivity index (χ2n) is 6.23. The monoisotopic (exact) mass is 326 g/mol. The summed E-state index contributed by atoms with van der Waals surface area (Å²) in [4.78, 5) is 24.9. The van der Waals surface area contributed by atoms with Crippen LogP contribution in [0.5, 0.6) is 0 Å². The zero-order valence-electron chi connectivity index (χ0n) is 13.8. The number of hydrogen-bond acceptors (Lipinski definition) is 5. The van der Waals surface area contributed by atoms with Gasteiger partial charge < -0.3 is 14.9 Å². The van der Waals surface area contributed by atoms with Crippen LogP contribution in [0.3, 0.4) is 0 Å². The van der Waals surface area contributed by atoms with Crippen molar-refractivity contribution in [1.29, 1.82) is 0 Å². The second-order valence-corrected chi connectivity index (χ2v) is 6.23. The van der Waals surface area contributed by atoms with E-state index in [0.717, 1.165) is 5.56 Å². The van der Waals surface area contributed by atoms with Gasteiger partial charge in [0.2, 0.25) is 11.9 Å². The molecule has 1 aromatic carbocycles. The summed E-state index contributed by atoms with van der Waals surface area (Å²) in [7, 11) is 0. The largest absolute Gasteiger partial charge is 0.385 e. The van der Waals surface area contributed by atoms with Gasteiger partial charge in [-0.05, 0) is 18.6 Å². The summed E-state index contributed by atoms with van der Waals surface area (Å²) in [5.74, 6) is 0.665. The summed E-state index contributed by atoms with van der Waals surface area (Å²) in [6.45, 7) is 4.31. The first-order valence-corrected chi connectivity index (χ1v) is 8.14. The molecule has 1 aliphatic heterocycles. The highest BCUT2D eigenvalue weighted by Gasteiger charge is 2.30. The number of nitrogens with zero attached hydrogens (tertiary/aromatic N) is 4. The molecule has 6 heteroatoms. The normalized spacial score (nSPS) is 17.4. The second kappa shape index (κ2) is 6.97. The molecule has 24 heavy (non-hydrogen) atoms. The highest BCUT2D eigenvalue weighted by molar-refractivity contribution is 5.77. The van der Waals surface area contributed by atoms with E-state index in [1.807, 2.05) is 30.3 Å². The first-order chi connectivity index (χ1) is 11.6. The molecule has 1 atom stereocenters. The number of carbonyl (C=O) groups excluding carboxylic acids is 1. The number of hydrogen-bond donors (Lipinski definition) is 1. The van der Waals surface area contributed by atoms with Gasteiger partial charge >= 0.3 is 0 Å². The Labute approximate surface area is 141 Å². The third kappa shape index (κ3) is 3.71. The van der Waals surface area contributed by atoms with Gasteiger partial charge in [0.25, 0.3) is 0 Å². The average Bonchev–Trinajstić information content (AvgIpc) is 2.63. The average molecular weight is 326 g/mol. The fourth-order valence-corrected chi connectivity index (χ4v) is 2.92. The van der Waals surface area contributed by atoms with Gasteiger partial charge in [0.05, 0.1) is 12.0 Å². The van der Waals surface area contributed by atoms with Crippen molar-refractivity contribution in [2.45, 2.75) is 18.9 Å². The maximum atomic E-state index is 12.5. The zero-order valence-corrected chi connectivity index (χ0v) is 13.8. The summed E-state index contributed by atoms with van der Waals surface area (Å²) >= 11 is 0. The number of aromatic nitrogens is 2. The summed E-state index contributed by atoms with van der Waals surface area (Å²) in [6.07, 6.45) is 3.52. The van der Waals surface area contributed by atoms with E-state index in [4.69, 9.17) is 0 Å². The van der Waals surface area contributed by atoms with Crippen LogP contribution in [-0.4, -0.2) is 52.1 Å². The lowest BCUT2D eigenvalue weighted by Crippen LogP contribution is -2.50. The van der Waals surface area contributed by atoms with Crippen molar-refractivity contribution in [3.05, 3.63) is 54.4 Å². The molecule has 6 nitrogen and oxygen atoms in total. The minimum atomic E-state index is -1.15. The Kier molecular flexibility index (Phi) is 4.76. The summed E-state index contributed by atoms with van der Waals surface area (Å²) in [5, 5.41) is 10.6. The molecule has 1 amide bonds. The van der Waals surface area contributed by atoms with E-state index in [2.05, 4.69) is 14.9 Å². The van der Waals surface area contributed by atoms with Crippen molar-refractivity contribution in [1.82, 2.24) is 14.9 Å². The Morgan fingerprint density at radius 3 is 2.33 bits per heavy atom. The van der Waals surface area contributed by atoms with Crippen molar-refractivity contribution in [3.63, 3.8) is 0 Å². The molecule has 1 saturated heterocycles. The van der Waals surface area contributed by atoms with Crippen LogP contribution in [0, 0.1) is 0 Å². The van der Waals surface area contributed by atoms with Crippen LogP contribution in [0.2, 0.25) is 0 Å². The summed E-state index contributed by atoms with van der Waals surface area (Å²) < 4.78 is 0. The van der Waals surface area contributed by atoms with Gasteiger partial charge in [-0.15, -0.1) is 0 Å². The quantitative estimate of drug-likeness (QED) is 0.920. The Balaban J connectivity index is 1.57. The first kappa shape index (κ1) is 16.4. The van der Waals surface area contributed by atoms with Crippen LogP contribution >= 0.6 is 0 Å². The van der Waals surface area contributed by atoms with E-state index in [-0.39, 0.29) is 12.3 Å². The molecular formula is C18H22N4O2. The van der Waals surface area contributed by atoms with Gasteiger partial charge in [-0.1, -0.05) is 30.3 Å². The van der Waals surface area contributed by atoms with E-state index in [0.29, 0.717) is 32.1 Å². The van der Waals surface area contributed by atoms with E-state index in [1.54, 1.807) is 30.3 Å². The van der Waals surface area contributed by atoms with Crippen LogP contribution in [0.4, 0.5) is 5.95 Å². The number of amides is 1. The van der Waals surface area contributed by atoms with Crippen molar-refractivity contribution >= 4 is 11.9 Å². The number of aliphatic hydroxyl groups is 1. The van der Waals surface area contributed by atoms with E-state index >= 15 is 0 Å². The molecule has 2 aromatic rings. The number of anilines is 1. The van der Waals surface area contributed by atoms with Gasteiger partial charge in [-0.2, -0.15) is 0 Å². The molecule has 0 saturated carbocycles. The standard InChI is InChI=1S/C18H22N4O2/c1-18(24,15-6-3-2-4-7-15)14-16(23)21-10-12-22(13-11-21)17-19-8-5-9-20-17/h2-9,24H,10-14H2,1H3. The number of carbonyl (C=O) groups is 1. The molecule has 1 aromatic heterocycles. The van der Waals surface area contributed by atoms with Gasteiger partial charge in [0.15, 0.2) is 0 Å². The molecule has 1 aliphatic rings. The third-order valence-electron chi connectivity index (χ3n) is 4.36. The summed E-state index contributed by atoms with van der Waals surface area (Å²) in [6, 6.07) is 11.1. The Bertz CT molecular complexity index is 668. The van der Waals surface area contributed by atoms with E-state index in [9.17, 15) is 9.90 Å². The topological polar surface area (TPSA) is 69.6 Å². The van der Waals surface area contributed by atoms with Crippen LogP contribution in [-0.2, 0) is 10.4 Å². The molecule has 126 valence electrons. The Hall–Kier alpha value is -2.47. The fraction of sp³-hybridized carbons (Fsp3) is 0.389. The SMILES string of the molecule is CC(O)(CC(=O)N1CCN(c2ncccn2)CC1)c1ccccc1. The molecule has 1 fully saturated rings.